The molecule has 0 heterocycles. The number of unbranched alkanes of at least 4 members (excludes halogenated alkanes) is 1. The van der Waals surface area contributed by atoms with Crippen LogP contribution in [0.3, 0.4) is 0 Å². The van der Waals surface area contributed by atoms with Crippen LogP contribution in [0.5, 0.6) is 0 Å². The van der Waals surface area contributed by atoms with Crippen molar-refractivity contribution >= 4 is 11.9 Å². The van der Waals surface area contributed by atoms with Crippen molar-refractivity contribution in [3.8, 4) is 0 Å². The standard InChI is InChI=1S/C20H34O4/c1-5-6-7-16(4)23-19(21)12-13-20(22)24-18-10-8-17(9-11-18)14-15(2)3/h12-13,15-18H,5-11,14H2,1-4H3/b13-12+. The van der Waals surface area contributed by atoms with Crippen molar-refractivity contribution in [1.82, 2.24) is 0 Å². The van der Waals surface area contributed by atoms with Crippen LogP contribution in [-0.4, -0.2) is 24.1 Å². The highest BCUT2D eigenvalue weighted by Crippen LogP contribution is 2.30. The maximum Gasteiger partial charge on any atom is 0.331 e. The predicted octanol–water partition coefficient (Wildman–Crippen LogP) is 4.81. The third kappa shape index (κ3) is 9.09. The van der Waals surface area contributed by atoms with Gasteiger partial charge in [-0.2, -0.15) is 0 Å². The number of carbonyl (C=O) groups is 2. The lowest BCUT2D eigenvalue weighted by Crippen LogP contribution is -2.24. The van der Waals surface area contributed by atoms with E-state index in [-0.39, 0.29) is 12.2 Å². The molecule has 0 saturated heterocycles. The minimum atomic E-state index is -0.476. The lowest BCUT2D eigenvalue weighted by atomic mass is 9.82. The van der Waals surface area contributed by atoms with E-state index < -0.39 is 11.9 Å². The van der Waals surface area contributed by atoms with E-state index in [0.29, 0.717) is 0 Å². The van der Waals surface area contributed by atoms with Crippen LogP contribution in [0.15, 0.2) is 12.2 Å². The number of carbonyl (C=O) groups excluding carboxylic acids is 2. The maximum atomic E-state index is 11.8. The van der Waals surface area contributed by atoms with Crippen LogP contribution < -0.4 is 0 Å². The summed E-state index contributed by atoms with van der Waals surface area (Å²) in [5.41, 5.74) is 0. The highest BCUT2D eigenvalue weighted by atomic mass is 16.5. The highest BCUT2D eigenvalue weighted by molar-refractivity contribution is 5.91. The Morgan fingerprint density at radius 3 is 2.25 bits per heavy atom. The van der Waals surface area contributed by atoms with E-state index in [1.54, 1.807) is 0 Å². The van der Waals surface area contributed by atoms with Crippen molar-refractivity contribution in [3.63, 3.8) is 0 Å². The highest BCUT2D eigenvalue weighted by Gasteiger charge is 2.23. The fourth-order valence-corrected chi connectivity index (χ4v) is 3.28. The molecule has 138 valence electrons. The van der Waals surface area contributed by atoms with Gasteiger partial charge in [0, 0.05) is 12.2 Å². The lowest BCUT2D eigenvalue weighted by molar-refractivity contribution is -0.146. The zero-order valence-electron chi connectivity index (χ0n) is 15.8. The van der Waals surface area contributed by atoms with Crippen LogP contribution in [0.4, 0.5) is 0 Å². The molecule has 1 saturated carbocycles. The molecule has 1 unspecified atom stereocenters. The molecule has 0 aromatic rings. The van der Waals surface area contributed by atoms with Crippen molar-refractivity contribution in [3.05, 3.63) is 12.2 Å². The van der Waals surface area contributed by atoms with E-state index in [9.17, 15) is 9.59 Å². The summed E-state index contributed by atoms with van der Waals surface area (Å²) < 4.78 is 10.6. The molecule has 24 heavy (non-hydrogen) atoms. The van der Waals surface area contributed by atoms with Gasteiger partial charge in [0.25, 0.3) is 0 Å². The Morgan fingerprint density at radius 1 is 1.04 bits per heavy atom. The van der Waals surface area contributed by atoms with Gasteiger partial charge < -0.3 is 9.47 Å². The number of esters is 2. The van der Waals surface area contributed by atoms with Gasteiger partial charge in [-0.1, -0.05) is 33.6 Å². The first-order valence-corrected chi connectivity index (χ1v) is 9.50. The Labute approximate surface area is 147 Å². The number of hydrogen-bond acceptors (Lipinski definition) is 4. The fourth-order valence-electron chi connectivity index (χ4n) is 3.28. The van der Waals surface area contributed by atoms with Crippen molar-refractivity contribution in [2.75, 3.05) is 0 Å². The van der Waals surface area contributed by atoms with E-state index in [0.717, 1.165) is 56.8 Å². The van der Waals surface area contributed by atoms with E-state index in [1.165, 1.54) is 18.6 Å². The number of rotatable bonds is 9. The van der Waals surface area contributed by atoms with Crippen LogP contribution in [0.1, 0.15) is 79.1 Å². The summed E-state index contributed by atoms with van der Waals surface area (Å²) in [4.78, 5) is 23.5. The first-order chi connectivity index (χ1) is 11.4. The SMILES string of the molecule is CCCCC(C)OC(=O)/C=C/C(=O)OC1CCC(CC(C)C)CC1. The summed E-state index contributed by atoms with van der Waals surface area (Å²) in [5, 5.41) is 0. The van der Waals surface area contributed by atoms with Gasteiger partial charge in [-0.25, -0.2) is 9.59 Å². The van der Waals surface area contributed by atoms with E-state index >= 15 is 0 Å². The average Bonchev–Trinajstić information content (AvgIpc) is 2.52. The fraction of sp³-hybridized carbons (Fsp3) is 0.800. The Morgan fingerprint density at radius 2 is 1.67 bits per heavy atom. The second kappa shape index (κ2) is 11.3. The normalized spacial score (nSPS) is 22.5. The zero-order chi connectivity index (χ0) is 17.9. The Hall–Kier alpha value is -1.32. The third-order valence-electron chi connectivity index (χ3n) is 4.52. The van der Waals surface area contributed by atoms with Crippen LogP contribution in [0.2, 0.25) is 0 Å². The lowest BCUT2D eigenvalue weighted by Gasteiger charge is -2.28. The van der Waals surface area contributed by atoms with E-state index in [2.05, 4.69) is 20.8 Å². The minimum absolute atomic E-state index is 0.00920. The molecule has 1 aliphatic rings. The molecule has 1 atom stereocenters. The molecule has 0 aromatic carbocycles. The Kier molecular flexibility index (Phi) is 9.73. The van der Waals surface area contributed by atoms with Crippen molar-refractivity contribution < 1.29 is 19.1 Å². The summed E-state index contributed by atoms with van der Waals surface area (Å²) in [7, 11) is 0. The second-order valence-electron chi connectivity index (χ2n) is 7.43. The molecule has 4 heteroatoms. The Balaban J connectivity index is 2.25. The van der Waals surface area contributed by atoms with Gasteiger partial charge in [0.2, 0.25) is 0 Å². The van der Waals surface area contributed by atoms with Gasteiger partial charge in [0.05, 0.1) is 6.10 Å². The molecule has 1 rings (SSSR count). The van der Waals surface area contributed by atoms with E-state index in [1.807, 2.05) is 6.92 Å². The number of hydrogen-bond donors (Lipinski definition) is 0. The summed E-state index contributed by atoms with van der Waals surface area (Å²) in [6, 6.07) is 0. The molecule has 4 nitrogen and oxygen atoms in total. The Bertz CT molecular complexity index is 406. The maximum absolute atomic E-state index is 11.8. The molecule has 0 aromatic heterocycles. The molecule has 1 aliphatic carbocycles. The largest absolute Gasteiger partial charge is 0.460 e. The van der Waals surface area contributed by atoms with Crippen molar-refractivity contribution in [1.29, 1.82) is 0 Å². The summed E-state index contributed by atoms with van der Waals surface area (Å²) in [6.45, 7) is 8.47. The topological polar surface area (TPSA) is 52.6 Å². The molecule has 0 aliphatic heterocycles. The van der Waals surface area contributed by atoms with Gasteiger partial charge in [-0.3, -0.25) is 0 Å². The summed E-state index contributed by atoms with van der Waals surface area (Å²) >= 11 is 0. The van der Waals surface area contributed by atoms with Gasteiger partial charge in [0.15, 0.2) is 0 Å². The van der Waals surface area contributed by atoms with Gasteiger partial charge in [-0.05, 0) is 57.3 Å². The molecule has 0 spiro atoms. The molecule has 0 bridgehead atoms. The quantitative estimate of drug-likeness (QED) is 0.447. The van der Waals surface area contributed by atoms with Crippen LogP contribution in [0, 0.1) is 11.8 Å². The smallest absolute Gasteiger partial charge is 0.331 e. The van der Waals surface area contributed by atoms with Gasteiger partial charge in [0.1, 0.15) is 6.10 Å². The molecular formula is C20H34O4. The van der Waals surface area contributed by atoms with Gasteiger partial charge >= 0.3 is 11.9 Å². The average molecular weight is 338 g/mol. The molecule has 1 fully saturated rings. The molecule has 0 radical (unpaired) electrons. The zero-order valence-corrected chi connectivity index (χ0v) is 15.8. The molecule has 0 N–H and O–H groups in total. The monoisotopic (exact) mass is 338 g/mol. The van der Waals surface area contributed by atoms with E-state index in [4.69, 9.17) is 9.47 Å². The van der Waals surface area contributed by atoms with Crippen LogP contribution >= 0.6 is 0 Å². The molecular weight excluding hydrogens is 304 g/mol. The third-order valence-corrected chi connectivity index (χ3v) is 4.52. The first-order valence-electron chi connectivity index (χ1n) is 9.50. The summed E-state index contributed by atoms with van der Waals surface area (Å²) in [5.74, 6) is 0.564. The van der Waals surface area contributed by atoms with Crippen molar-refractivity contribution in [2.45, 2.75) is 91.3 Å². The second-order valence-corrected chi connectivity index (χ2v) is 7.43. The van der Waals surface area contributed by atoms with Crippen LogP contribution in [0.25, 0.3) is 0 Å². The first kappa shape index (κ1) is 20.7. The summed E-state index contributed by atoms with van der Waals surface area (Å²) in [6.07, 6.45) is 10.5. The van der Waals surface area contributed by atoms with Crippen molar-refractivity contribution in [2.24, 2.45) is 11.8 Å². The predicted molar refractivity (Wildman–Crippen MR) is 95.5 cm³/mol. The molecule has 0 amide bonds. The van der Waals surface area contributed by atoms with Gasteiger partial charge in [-0.15, -0.1) is 0 Å². The van der Waals surface area contributed by atoms with Crippen LogP contribution in [-0.2, 0) is 19.1 Å². The number of ether oxygens (including phenoxy) is 2. The minimum Gasteiger partial charge on any atom is -0.460 e.